The number of halogens is 1. The van der Waals surface area contributed by atoms with E-state index in [9.17, 15) is 5.11 Å². The molecule has 2 unspecified atom stereocenters. The summed E-state index contributed by atoms with van der Waals surface area (Å²) in [6.45, 7) is 4.32. The fraction of sp³-hybridized carbons (Fsp3) is 0.636. The van der Waals surface area contributed by atoms with Crippen LogP contribution in [0.2, 0.25) is 0 Å². The Balaban J connectivity index is 2.45. The maximum atomic E-state index is 9.82. The minimum absolute atomic E-state index is 0.470. The third kappa shape index (κ3) is 3.46. The highest BCUT2D eigenvalue weighted by Crippen LogP contribution is 2.26. The highest BCUT2D eigenvalue weighted by atomic mass is 79.9. The lowest BCUT2D eigenvalue weighted by Crippen LogP contribution is -2.03. The molecule has 1 aromatic heterocycles. The lowest BCUT2D eigenvalue weighted by molar-refractivity contribution is 0.119. The molecule has 1 N–H and O–H groups in total. The summed E-state index contributed by atoms with van der Waals surface area (Å²) in [4.78, 5) is 0. The van der Waals surface area contributed by atoms with Gasteiger partial charge in [-0.15, -0.1) is 0 Å². The van der Waals surface area contributed by atoms with Gasteiger partial charge in [-0.3, -0.25) is 0 Å². The maximum absolute atomic E-state index is 9.82. The Labute approximate surface area is 93.4 Å². The molecule has 0 fully saturated rings. The molecular weight excluding hydrogens is 244 g/mol. The Hall–Kier alpha value is -0.280. The molecule has 3 heteroatoms. The van der Waals surface area contributed by atoms with E-state index >= 15 is 0 Å². The van der Waals surface area contributed by atoms with Crippen molar-refractivity contribution in [2.24, 2.45) is 5.92 Å². The van der Waals surface area contributed by atoms with Crippen molar-refractivity contribution in [3.63, 3.8) is 0 Å². The summed E-state index contributed by atoms with van der Waals surface area (Å²) in [6.07, 6.45) is 2.62. The summed E-state index contributed by atoms with van der Waals surface area (Å²) in [5.41, 5.74) is 0. The van der Waals surface area contributed by atoms with Crippen LogP contribution in [0.15, 0.2) is 21.2 Å². The summed E-state index contributed by atoms with van der Waals surface area (Å²) in [5, 5.41) is 9.82. The van der Waals surface area contributed by atoms with E-state index in [1.54, 1.807) is 0 Å². The average molecular weight is 261 g/mol. The monoisotopic (exact) mass is 260 g/mol. The molecule has 80 valence electrons. The molecule has 0 aliphatic rings. The van der Waals surface area contributed by atoms with Crippen molar-refractivity contribution in [1.82, 2.24) is 0 Å². The molecule has 2 atom stereocenters. The number of aliphatic hydroxyl groups excluding tert-OH is 1. The number of hydrogen-bond donors (Lipinski definition) is 1. The van der Waals surface area contributed by atoms with Crippen molar-refractivity contribution >= 4 is 15.9 Å². The smallest absolute Gasteiger partial charge is 0.169 e. The zero-order chi connectivity index (χ0) is 10.6. The van der Waals surface area contributed by atoms with Crippen LogP contribution in [-0.4, -0.2) is 5.11 Å². The van der Waals surface area contributed by atoms with Gasteiger partial charge in [-0.25, -0.2) is 0 Å². The van der Waals surface area contributed by atoms with E-state index in [0.29, 0.717) is 16.3 Å². The van der Waals surface area contributed by atoms with Crippen LogP contribution >= 0.6 is 15.9 Å². The van der Waals surface area contributed by atoms with Crippen LogP contribution in [0.3, 0.4) is 0 Å². The third-order valence-electron chi connectivity index (χ3n) is 2.33. The first-order valence-electron chi connectivity index (χ1n) is 5.06. The highest BCUT2D eigenvalue weighted by Gasteiger charge is 2.14. The van der Waals surface area contributed by atoms with Crippen LogP contribution in [-0.2, 0) is 0 Å². The fourth-order valence-electron chi connectivity index (χ4n) is 1.62. The van der Waals surface area contributed by atoms with Gasteiger partial charge in [0.15, 0.2) is 4.67 Å². The lowest BCUT2D eigenvalue weighted by Gasteiger charge is -2.13. The lowest BCUT2D eigenvalue weighted by atomic mass is 9.98. The number of furan rings is 1. The van der Waals surface area contributed by atoms with E-state index in [-0.39, 0.29) is 0 Å². The topological polar surface area (TPSA) is 33.4 Å². The number of rotatable bonds is 5. The van der Waals surface area contributed by atoms with Gasteiger partial charge in [-0.1, -0.05) is 26.7 Å². The minimum atomic E-state index is -0.470. The Morgan fingerprint density at radius 2 is 2.21 bits per heavy atom. The van der Waals surface area contributed by atoms with Crippen LogP contribution in [0, 0.1) is 5.92 Å². The molecule has 0 spiro atoms. The summed E-state index contributed by atoms with van der Waals surface area (Å²) in [6, 6.07) is 3.62. The highest BCUT2D eigenvalue weighted by molar-refractivity contribution is 9.10. The minimum Gasteiger partial charge on any atom is -0.452 e. The third-order valence-corrected chi connectivity index (χ3v) is 2.76. The van der Waals surface area contributed by atoms with Gasteiger partial charge in [0.2, 0.25) is 0 Å². The van der Waals surface area contributed by atoms with Crippen molar-refractivity contribution in [3.8, 4) is 0 Å². The molecule has 0 radical (unpaired) electrons. The largest absolute Gasteiger partial charge is 0.452 e. The van der Waals surface area contributed by atoms with Crippen molar-refractivity contribution < 1.29 is 9.52 Å². The molecule has 0 saturated carbocycles. The van der Waals surface area contributed by atoms with Crippen molar-refractivity contribution in [2.75, 3.05) is 0 Å². The van der Waals surface area contributed by atoms with E-state index in [0.717, 1.165) is 19.3 Å². The Morgan fingerprint density at radius 1 is 1.50 bits per heavy atom. The first-order valence-corrected chi connectivity index (χ1v) is 5.86. The normalized spacial score (nSPS) is 15.4. The summed E-state index contributed by atoms with van der Waals surface area (Å²) >= 11 is 3.22. The van der Waals surface area contributed by atoms with Crippen LogP contribution in [0.4, 0.5) is 0 Å². The maximum Gasteiger partial charge on any atom is 0.169 e. The van der Waals surface area contributed by atoms with Crippen LogP contribution in [0.25, 0.3) is 0 Å². The van der Waals surface area contributed by atoms with Crippen LogP contribution < -0.4 is 0 Å². The standard InChI is InChI=1S/C11H17BrO2/c1-3-4-8(2)7-9(13)10-5-6-11(12)14-10/h5-6,8-9,13H,3-4,7H2,1-2H3. The van der Waals surface area contributed by atoms with E-state index in [4.69, 9.17) is 4.42 Å². The van der Waals surface area contributed by atoms with Crippen molar-refractivity contribution in [3.05, 3.63) is 22.6 Å². The molecule has 0 saturated heterocycles. The number of hydrogen-bond acceptors (Lipinski definition) is 2. The molecule has 1 aromatic rings. The molecular formula is C11H17BrO2. The Kier molecular flexibility index (Phi) is 4.69. The molecule has 2 nitrogen and oxygen atoms in total. The Morgan fingerprint density at radius 3 is 2.71 bits per heavy atom. The molecule has 1 heterocycles. The summed E-state index contributed by atoms with van der Waals surface area (Å²) in [7, 11) is 0. The molecule has 0 bridgehead atoms. The van der Waals surface area contributed by atoms with Gasteiger partial charge < -0.3 is 9.52 Å². The van der Waals surface area contributed by atoms with Gasteiger partial charge in [-0.2, -0.15) is 0 Å². The molecule has 0 aliphatic carbocycles. The summed E-state index contributed by atoms with van der Waals surface area (Å²) in [5.74, 6) is 1.19. The van der Waals surface area contributed by atoms with E-state index in [2.05, 4.69) is 29.8 Å². The number of aliphatic hydroxyl groups is 1. The first-order chi connectivity index (χ1) is 6.63. The van der Waals surface area contributed by atoms with Crippen molar-refractivity contribution in [1.29, 1.82) is 0 Å². The van der Waals surface area contributed by atoms with Gasteiger partial charge in [0, 0.05) is 0 Å². The van der Waals surface area contributed by atoms with Crippen LogP contribution in [0.5, 0.6) is 0 Å². The summed E-state index contributed by atoms with van der Waals surface area (Å²) < 4.78 is 5.97. The van der Waals surface area contributed by atoms with Gasteiger partial charge in [0.25, 0.3) is 0 Å². The van der Waals surface area contributed by atoms with Gasteiger partial charge >= 0.3 is 0 Å². The fourth-order valence-corrected chi connectivity index (χ4v) is 1.93. The predicted molar refractivity (Wildman–Crippen MR) is 60.1 cm³/mol. The molecule has 0 amide bonds. The van der Waals surface area contributed by atoms with E-state index in [1.165, 1.54) is 0 Å². The average Bonchev–Trinajstić information content (AvgIpc) is 2.52. The molecule has 0 aliphatic heterocycles. The van der Waals surface area contributed by atoms with Gasteiger partial charge in [0.05, 0.1) is 0 Å². The first kappa shape index (κ1) is 11.8. The molecule has 1 rings (SSSR count). The SMILES string of the molecule is CCCC(C)CC(O)c1ccc(Br)o1. The van der Waals surface area contributed by atoms with E-state index < -0.39 is 6.10 Å². The predicted octanol–water partition coefficient (Wildman–Crippen LogP) is 3.90. The second kappa shape index (κ2) is 5.56. The zero-order valence-electron chi connectivity index (χ0n) is 8.66. The molecule has 14 heavy (non-hydrogen) atoms. The zero-order valence-corrected chi connectivity index (χ0v) is 10.3. The van der Waals surface area contributed by atoms with E-state index in [1.807, 2.05) is 12.1 Å². The second-order valence-electron chi connectivity index (χ2n) is 3.79. The van der Waals surface area contributed by atoms with Gasteiger partial charge in [-0.05, 0) is 40.4 Å². The molecule has 0 aromatic carbocycles. The van der Waals surface area contributed by atoms with Crippen molar-refractivity contribution in [2.45, 2.75) is 39.2 Å². The van der Waals surface area contributed by atoms with Gasteiger partial charge in [0.1, 0.15) is 11.9 Å². The van der Waals surface area contributed by atoms with Crippen LogP contribution in [0.1, 0.15) is 45.0 Å². The Bertz CT molecular complexity index is 270. The quantitative estimate of drug-likeness (QED) is 0.871. The second-order valence-corrected chi connectivity index (χ2v) is 4.57.